The Hall–Kier alpha value is -0.0800. The van der Waals surface area contributed by atoms with Crippen LogP contribution in [0.1, 0.15) is 32.6 Å². The van der Waals surface area contributed by atoms with Crippen molar-refractivity contribution in [3.05, 3.63) is 0 Å². The quantitative estimate of drug-likeness (QED) is 0.695. The van der Waals surface area contributed by atoms with Crippen LogP contribution in [0.3, 0.4) is 0 Å². The Morgan fingerprint density at radius 1 is 1.23 bits per heavy atom. The standard InChI is InChI=1S/C11H22N2/c1-9-5-6-13(8-9)11-4-3-10(7-11)12-2/h9-12H,3-8H2,1-2H3. The molecule has 0 bridgehead atoms. The van der Waals surface area contributed by atoms with E-state index >= 15 is 0 Å². The van der Waals surface area contributed by atoms with Crippen molar-refractivity contribution in [1.29, 1.82) is 0 Å². The third-order valence-corrected chi connectivity index (χ3v) is 3.78. The number of nitrogens with one attached hydrogen (secondary N) is 1. The molecular formula is C11H22N2. The maximum atomic E-state index is 3.40. The van der Waals surface area contributed by atoms with Gasteiger partial charge in [0.1, 0.15) is 0 Å². The summed E-state index contributed by atoms with van der Waals surface area (Å²) in [4.78, 5) is 2.71. The Balaban J connectivity index is 1.82. The number of nitrogens with zero attached hydrogens (tertiary/aromatic N) is 1. The normalized spacial score (nSPS) is 41.5. The van der Waals surface area contributed by atoms with Gasteiger partial charge in [-0.1, -0.05) is 6.92 Å². The van der Waals surface area contributed by atoms with Crippen LogP contribution in [0.5, 0.6) is 0 Å². The third kappa shape index (κ3) is 2.05. The van der Waals surface area contributed by atoms with Gasteiger partial charge < -0.3 is 10.2 Å². The van der Waals surface area contributed by atoms with E-state index < -0.39 is 0 Å². The highest BCUT2D eigenvalue weighted by atomic mass is 15.2. The van der Waals surface area contributed by atoms with Gasteiger partial charge in [0, 0.05) is 18.6 Å². The Bertz CT molecular complexity index is 169. The van der Waals surface area contributed by atoms with Gasteiger partial charge in [-0.2, -0.15) is 0 Å². The van der Waals surface area contributed by atoms with E-state index in [0.29, 0.717) is 0 Å². The van der Waals surface area contributed by atoms with Crippen molar-refractivity contribution < 1.29 is 0 Å². The first-order valence-corrected chi connectivity index (χ1v) is 5.71. The predicted octanol–water partition coefficient (Wildman–Crippen LogP) is 1.47. The molecule has 0 spiro atoms. The molecule has 76 valence electrons. The number of hydrogen-bond acceptors (Lipinski definition) is 2. The zero-order chi connectivity index (χ0) is 9.26. The monoisotopic (exact) mass is 182 g/mol. The average Bonchev–Trinajstić information content (AvgIpc) is 2.71. The molecule has 1 saturated heterocycles. The van der Waals surface area contributed by atoms with E-state index in [1.165, 1.54) is 38.8 Å². The van der Waals surface area contributed by atoms with Gasteiger partial charge in [0.2, 0.25) is 0 Å². The molecule has 2 fully saturated rings. The molecule has 0 aromatic rings. The SMILES string of the molecule is CNC1CCC(N2CCC(C)C2)C1. The highest BCUT2D eigenvalue weighted by Gasteiger charge is 2.31. The summed E-state index contributed by atoms with van der Waals surface area (Å²) in [6, 6.07) is 1.68. The van der Waals surface area contributed by atoms with Crippen molar-refractivity contribution in [2.45, 2.75) is 44.7 Å². The van der Waals surface area contributed by atoms with Crippen molar-refractivity contribution in [3.63, 3.8) is 0 Å². The summed E-state index contributed by atoms with van der Waals surface area (Å²) < 4.78 is 0. The van der Waals surface area contributed by atoms with E-state index in [0.717, 1.165) is 18.0 Å². The number of likely N-dealkylation sites (tertiary alicyclic amines) is 1. The fraction of sp³-hybridized carbons (Fsp3) is 1.00. The molecule has 2 heteroatoms. The Morgan fingerprint density at radius 3 is 2.62 bits per heavy atom. The molecule has 0 amide bonds. The van der Waals surface area contributed by atoms with Gasteiger partial charge in [-0.15, -0.1) is 0 Å². The molecule has 0 aromatic heterocycles. The van der Waals surface area contributed by atoms with E-state index in [9.17, 15) is 0 Å². The maximum absolute atomic E-state index is 3.40. The summed E-state index contributed by atoms with van der Waals surface area (Å²) in [5.74, 6) is 0.939. The second-order valence-electron chi connectivity index (χ2n) is 4.84. The van der Waals surface area contributed by atoms with Crippen LogP contribution >= 0.6 is 0 Å². The van der Waals surface area contributed by atoms with Gasteiger partial charge in [0.25, 0.3) is 0 Å². The van der Waals surface area contributed by atoms with Crippen LogP contribution in [-0.4, -0.2) is 37.1 Å². The largest absolute Gasteiger partial charge is 0.317 e. The Kier molecular flexibility index (Phi) is 2.89. The van der Waals surface area contributed by atoms with E-state index in [2.05, 4.69) is 24.2 Å². The lowest BCUT2D eigenvalue weighted by atomic mass is 10.2. The minimum Gasteiger partial charge on any atom is -0.317 e. The molecule has 3 unspecified atom stereocenters. The summed E-state index contributed by atoms with van der Waals surface area (Å²) in [5.41, 5.74) is 0. The summed E-state index contributed by atoms with van der Waals surface area (Å²) in [5, 5.41) is 3.40. The molecule has 0 aromatic carbocycles. The second kappa shape index (κ2) is 3.97. The fourth-order valence-corrected chi connectivity index (χ4v) is 2.85. The number of hydrogen-bond donors (Lipinski definition) is 1. The summed E-state index contributed by atoms with van der Waals surface area (Å²) >= 11 is 0. The molecule has 2 aliphatic rings. The first-order valence-electron chi connectivity index (χ1n) is 5.71. The molecule has 1 aliphatic heterocycles. The first kappa shape index (κ1) is 9.47. The van der Waals surface area contributed by atoms with Gasteiger partial charge in [-0.05, 0) is 45.2 Å². The van der Waals surface area contributed by atoms with Crippen molar-refractivity contribution in [2.24, 2.45) is 5.92 Å². The van der Waals surface area contributed by atoms with Crippen LogP contribution in [-0.2, 0) is 0 Å². The fourth-order valence-electron chi connectivity index (χ4n) is 2.85. The summed E-state index contributed by atoms with van der Waals surface area (Å²) in [6.45, 7) is 5.08. The maximum Gasteiger partial charge on any atom is 0.0111 e. The molecule has 1 N–H and O–H groups in total. The molecule has 1 aliphatic carbocycles. The lowest BCUT2D eigenvalue weighted by molar-refractivity contribution is 0.236. The average molecular weight is 182 g/mol. The van der Waals surface area contributed by atoms with Gasteiger partial charge in [0.05, 0.1) is 0 Å². The molecule has 2 rings (SSSR count). The predicted molar refractivity (Wildman–Crippen MR) is 55.8 cm³/mol. The summed E-state index contributed by atoms with van der Waals surface area (Å²) in [7, 11) is 2.10. The van der Waals surface area contributed by atoms with E-state index in [1.807, 2.05) is 0 Å². The molecule has 1 heterocycles. The molecule has 1 saturated carbocycles. The van der Waals surface area contributed by atoms with Crippen LogP contribution in [0, 0.1) is 5.92 Å². The van der Waals surface area contributed by atoms with Gasteiger partial charge in [0.15, 0.2) is 0 Å². The van der Waals surface area contributed by atoms with Crippen molar-refractivity contribution in [2.75, 3.05) is 20.1 Å². The highest BCUT2D eigenvalue weighted by molar-refractivity contribution is 4.88. The van der Waals surface area contributed by atoms with Crippen LogP contribution in [0.25, 0.3) is 0 Å². The second-order valence-corrected chi connectivity index (χ2v) is 4.84. The smallest absolute Gasteiger partial charge is 0.0111 e. The van der Waals surface area contributed by atoms with Crippen molar-refractivity contribution in [3.8, 4) is 0 Å². The molecule has 3 atom stereocenters. The van der Waals surface area contributed by atoms with E-state index in [1.54, 1.807) is 0 Å². The number of rotatable bonds is 2. The zero-order valence-corrected chi connectivity index (χ0v) is 8.92. The molecular weight excluding hydrogens is 160 g/mol. The molecule has 13 heavy (non-hydrogen) atoms. The zero-order valence-electron chi connectivity index (χ0n) is 8.92. The minimum absolute atomic E-state index is 0.793. The Morgan fingerprint density at radius 2 is 2.08 bits per heavy atom. The van der Waals surface area contributed by atoms with E-state index in [4.69, 9.17) is 0 Å². The molecule has 0 radical (unpaired) electrons. The van der Waals surface area contributed by atoms with Crippen molar-refractivity contribution >= 4 is 0 Å². The van der Waals surface area contributed by atoms with Crippen LogP contribution in [0.4, 0.5) is 0 Å². The van der Waals surface area contributed by atoms with Gasteiger partial charge >= 0.3 is 0 Å². The summed E-state index contributed by atoms with van der Waals surface area (Å²) in [6.07, 6.45) is 5.59. The minimum atomic E-state index is 0.793. The van der Waals surface area contributed by atoms with Crippen LogP contribution in [0.15, 0.2) is 0 Å². The van der Waals surface area contributed by atoms with E-state index in [-0.39, 0.29) is 0 Å². The van der Waals surface area contributed by atoms with Crippen LogP contribution in [0.2, 0.25) is 0 Å². The lowest BCUT2D eigenvalue weighted by Gasteiger charge is -2.23. The Labute approximate surface area is 81.7 Å². The third-order valence-electron chi connectivity index (χ3n) is 3.78. The van der Waals surface area contributed by atoms with Crippen molar-refractivity contribution in [1.82, 2.24) is 10.2 Å². The topological polar surface area (TPSA) is 15.3 Å². The lowest BCUT2D eigenvalue weighted by Crippen LogP contribution is -2.33. The van der Waals surface area contributed by atoms with Gasteiger partial charge in [-0.25, -0.2) is 0 Å². The van der Waals surface area contributed by atoms with Gasteiger partial charge in [-0.3, -0.25) is 0 Å². The highest BCUT2D eigenvalue weighted by Crippen LogP contribution is 2.28. The molecule has 2 nitrogen and oxygen atoms in total. The first-order chi connectivity index (χ1) is 6.29. The van der Waals surface area contributed by atoms with Crippen LogP contribution < -0.4 is 5.32 Å².